The van der Waals surface area contributed by atoms with E-state index in [-0.39, 0.29) is 5.56 Å². The quantitative estimate of drug-likeness (QED) is 0.535. The Morgan fingerprint density at radius 3 is 2.38 bits per heavy atom. The third kappa shape index (κ3) is 2.25. The van der Waals surface area contributed by atoms with Gasteiger partial charge in [0.1, 0.15) is 0 Å². The number of Topliss-reactive ketones (excluding diaryl/α,β-unsaturated/α-hetero) is 1. The van der Waals surface area contributed by atoms with Crippen molar-refractivity contribution in [1.29, 1.82) is 0 Å². The molecule has 1 aromatic carbocycles. The van der Waals surface area contributed by atoms with E-state index in [0.29, 0.717) is 5.56 Å². The van der Waals surface area contributed by atoms with Crippen molar-refractivity contribution in [3.63, 3.8) is 0 Å². The van der Waals surface area contributed by atoms with Crippen molar-refractivity contribution in [3.05, 3.63) is 35.4 Å². The van der Waals surface area contributed by atoms with Crippen LogP contribution in [-0.2, 0) is 0 Å². The molecule has 0 aliphatic rings. The summed E-state index contributed by atoms with van der Waals surface area (Å²) in [6.07, 6.45) is 0. The van der Waals surface area contributed by atoms with Crippen LogP contribution in [0.1, 0.15) is 15.9 Å². The molecule has 0 radical (unpaired) electrons. The average Bonchev–Trinajstić information content (AvgIpc) is 2.02. The first-order valence-electron chi connectivity index (χ1n) is 3.60. The van der Waals surface area contributed by atoms with Gasteiger partial charge < -0.3 is 0 Å². The van der Waals surface area contributed by atoms with Crippen molar-refractivity contribution in [1.82, 2.24) is 0 Å². The fraction of sp³-hybridized carbons (Fsp3) is 0.222. The summed E-state index contributed by atoms with van der Waals surface area (Å²) in [6.45, 7) is 1.58. The smallest absolute Gasteiger partial charge is 0.286 e. The lowest BCUT2D eigenvalue weighted by Crippen LogP contribution is -2.22. The minimum Gasteiger partial charge on any atom is -0.286 e. The Balaban J connectivity index is 3.10. The Bertz CT molecular complexity index is 331. The van der Waals surface area contributed by atoms with Crippen LogP contribution < -0.4 is 0 Å². The highest BCUT2D eigenvalue weighted by molar-refractivity contribution is 6.35. The fourth-order valence-electron chi connectivity index (χ4n) is 0.980. The zero-order valence-electron chi connectivity index (χ0n) is 6.85. The van der Waals surface area contributed by atoms with Crippen LogP contribution in [0.5, 0.6) is 0 Å². The molecule has 0 aliphatic heterocycles. The molecule has 0 unspecified atom stereocenters. The maximum atomic E-state index is 12.4. The first-order valence-corrected chi connectivity index (χ1v) is 3.98. The van der Waals surface area contributed by atoms with Crippen LogP contribution in [0.4, 0.5) is 8.78 Å². The van der Waals surface area contributed by atoms with E-state index in [0.717, 1.165) is 0 Å². The van der Waals surface area contributed by atoms with Gasteiger partial charge in [-0.15, -0.1) is 0 Å². The van der Waals surface area contributed by atoms with E-state index in [9.17, 15) is 13.6 Å². The lowest BCUT2D eigenvalue weighted by molar-refractivity contribution is 0.0535. The monoisotopic (exact) mass is 204 g/mol. The van der Waals surface area contributed by atoms with Gasteiger partial charge in [0, 0.05) is 5.56 Å². The van der Waals surface area contributed by atoms with Gasteiger partial charge in [-0.2, -0.15) is 8.78 Å². The van der Waals surface area contributed by atoms with Crippen molar-refractivity contribution in [2.75, 3.05) is 0 Å². The molecule has 0 saturated heterocycles. The third-order valence-electron chi connectivity index (χ3n) is 1.65. The zero-order valence-corrected chi connectivity index (χ0v) is 7.61. The van der Waals surface area contributed by atoms with Crippen LogP contribution in [0, 0.1) is 6.92 Å². The van der Waals surface area contributed by atoms with Crippen molar-refractivity contribution in [2.45, 2.75) is 12.3 Å². The lowest BCUT2D eigenvalue weighted by atomic mass is 10.1. The van der Waals surface area contributed by atoms with Gasteiger partial charge in [-0.3, -0.25) is 4.79 Å². The SMILES string of the molecule is Cc1ccccc1C(=O)C(F)(F)Cl. The Labute approximate surface area is 79.3 Å². The van der Waals surface area contributed by atoms with E-state index < -0.39 is 11.2 Å². The average molecular weight is 205 g/mol. The first kappa shape index (κ1) is 10.1. The van der Waals surface area contributed by atoms with Gasteiger partial charge in [-0.05, 0) is 24.1 Å². The fourth-order valence-corrected chi connectivity index (χ4v) is 1.08. The van der Waals surface area contributed by atoms with E-state index >= 15 is 0 Å². The first-order chi connectivity index (χ1) is 5.93. The predicted octanol–water partition coefficient (Wildman–Crippen LogP) is 3.01. The number of rotatable bonds is 2. The topological polar surface area (TPSA) is 17.1 Å². The molecule has 13 heavy (non-hydrogen) atoms. The second-order valence-corrected chi connectivity index (χ2v) is 3.12. The summed E-state index contributed by atoms with van der Waals surface area (Å²) in [7, 11) is 0. The largest absolute Gasteiger partial charge is 0.384 e. The number of halogens is 3. The summed E-state index contributed by atoms with van der Waals surface area (Å²) in [5, 5.41) is -3.81. The summed E-state index contributed by atoms with van der Waals surface area (Å²) < 4.78 is 24.8. The molecule has 0 spiro atoms. The molecule has 0 amide bonds. The second-order valence-electron chi connectivity index (χ2n) is 2.64. The number of ketones is 1. The Morgan fingerprint density at radius 2 is 1.92 bits per heavy atom. The van der Waals surface area contributed by atoms with E-state index in [1.165, 1.54) is 12.1 Å². The number of carbonyl (C=O) groups is 1. The minimum atomic E-state index is -3.81. The number of benzene rings is 1. The van der Waals surface area contributed by atoms with Crippen molar-refractivity contribution in [2.24, 2.45) is 0 Å². The van der Waals surface area contributed by atoms with Crippen LogP contribution in [0.2, 0.25) is 0 Å². The molecule has 0 atom stereocenters. The van der Waals surface area contributed by atoms with E-state index in [1.54, 1.807) is 19.1 Å². The molecular formula is C9H7ClF2O. The Hall–Kier alpha value is -0.960. The normalized spacial score (nSPS) is 11.4. The summed E-state index contributed by atoms with van der Waals surface area (Å²) in [5.41, 5.74) is 0.454. The molecule has 0 aromatic heterocycles. The molecule has 0 N–H and O–H groups in total. The lowest BCUT2D eigenvalue weighted by Gasteiger charge is -2.08. The molecule has 1 aromatic rings. The highest BCUT2D eigenvalue weighted by Gasteiger charge is 2.36. The molecule has 1 nitrogen and oxygen atoms in total. The Morgan fingerprint density at radius 1 is 1.38 bits per heavy atom. The van der Waals surface area contributed by atoms with Crippen LogP contribution >= 0.6 is 11.6 Å². The molecule has 0 bridgehead atoms. The minimum absolute atomic E-state index is 0.0394. The van der Waals surface area contributed by atoms with Gasteiger partial charge in [0.05, 0.1) is 0 Å². The van der Waals surface area contributed by atoms with Gasteiger partial charge in [-0.1, -0.05) is 24.3 Å². The van der Waals surface area contributed by atoms with Gasteiger partial charge in [-0.25, -0.2) is 0 Å². The molecule has 1 rings (SSSR count). The molecule has 70 valence electrons. The zero-order chi connectivity index (χ0) is 10.1. The van der Waals surface area contributed by atoms with E-state index in [2.05, 4.69) is 11.6 Å². The third-order valence-corrected chi connectivity index (χ3v) is 1.82. The number of alkyl halides is 3. The predicted molar refractivity (Wildman–Crippen MR) is 46.3 cm³/mol. The number of aryl methyl sites for hydroxylation is 1. The number of hydrogen-bond acceptors (Lipinski definition) is 1. The number of hydrogen-bond donors (Lipinski definition) is 0. The molecular weight excluding hydrogens is 198 g/mol. The molecule has 0 aliphatic carbocycles. The Kier molecular flexibility index (Phi) is 2.66. The molecule has 4 heteroatoms. The highest BCUT2D eigenvalue weighted by atomic mass is 35.5. The van der Waals surface area contributed by atoms with Crippen LogP contribution in [0.25, 0.3) is 0 Å². The highest BCUT2D eigenvalue weighted by Crippen LogP contribution is 2.25. The molecule has 0 saturated carbocycles. The maximum absolute atomic E-state index is 12.4. The molecule has 0 fully saturated rings. The van der Waals surface area contributed by atoms with Gasteiger partial charge in [0.25, 0.3) is 0 Å². The maximum Gasteiger partial charge on any atom is 0.384 e. The van der Waals surface area contributed by atoms with Gasteiger partial charge in [0.2, 0.25) is 5.78 Å². The van der Waals surface area contributed by atoms with E-state index in [4.69, 9.17) is 0 Å². The van der Waals surface area contributed by atoms with Crippen LogP contribution in [0.3, 0.4) is 0 Å². The van der Waals surface area contributed by atoms with Crippen molar-refractivity contribution in [3.8, 4) is 0 Å². The summed E-state index contributed by atoms with van der Waals surface area (Å²) >= 11 is 4.61. The van der Waals surface area contributed by atoms with Crippen LogP contribution in [0.15, 0.2) is 24.3 Å². The van der Waals surface area contributed by atoms with E-state index in [1.807, 2.05) is 0 Å². The summed E-state index contributed by atoms with van der Waals surface area (Å²) in [5.74, 6) is -1.35. The standard InChI is InChI=1S/C9H7ClF2O/c1-6-4-2-3-5-7(6)8(13)9(10,11)12/h2-5H,1H3. The number of carbonyl (C=O) groups excluding carboxylic acids is 1. The molecule has 0 heterocycles. The summed E-state index contributed by atoms with van der Waals surface area (Å²) in [6, 6.07) is 6.09. The van der Waals surface area contributed by atoms with Gasteiger partial charge in [0.15, 0.2) is 0 Å². The van der Waals surface area contributed by atoms with Gasteiger partial charge >= 0.3 is 5.38 Å². The van der Waals surface area contributed by atoms with Crippen LogP contribution in [-0.4, -0.2) is 11.2 Å². The second kappa shape index (κ2) is 3.42. The van der Waals surface area contributed by atoms with Crippen molar-refractivity contribution < 1.29 is 13.6 Å². The van der Waals surface area contributed by atoms with Crippen molar-refractivity contribution >= 4 is 17.4 Å². The summed E-state index contributed by atoms with van der Waals surface area (Å²) in [4.78, 5) is 11.0.